The fourth-order valence-corrected chi connectivity index (χ4v) is 3.66. The van der Waals surface area contributed by atoms with Crippen LogP contribution in [0.25, 0.3) is 0 Å². The molecule has 0 aromatic heterocycles. The summed E-state index contributed by atoms with van der Waals surface area (Å²) in [6, 6.07) is 0. The lowest BCUT2D eigenvalue weighted by molar-refractivity contribution is 0.171. The first-order chi connectivity index (χ1) is 8.19. The standard InChI is InChI=1S/C11H25NO4Si/c1-5-10(17(15-3)16-4)8-6-7-9-12-11(13)14-2/h10,17H,5-9H2,1-4H3,(H,12,13). The summed E-state index contributed by atoms with van der Waals surface area (Å²) in [7, 11) is 3.32. The van der Waals surface area contributed by atoms with Crippen molar-refractivity contribution in [1.82, 2.24) is 5.32 Å². The zero-order valence-electron chi connectivity index (χ0n) is 11.3. The van der Waals surface area contributed by atoms with Crippen molar-refractivity contribution in [3.63, 3.8) is 0 Å². The average molecular weight is 263 g/mol. The number of methoxy groups -OCH3 is 1. The minimum atomic E-state index is -1.50. The van der Waals surface area contributed by atoms with Crippen LogP contribution in [0.3, 0.4) is 0 Å². The molecular weight excluding hydrogens is 238 g/mol. The molecule has 0 aromatic carbocycles. The van der Waals surface area contributed by atoms with Gasteiger partial charge in [0.1, 0.15) is 0 Å². The Morgan fingerprint density at radius 2 is 1.88 bits per heavy atom. The smallest absolute Gasteiger partial charge is 0.406 e. The fraction of sp³-hybridized carbons (Fsp3) is 0.909. The lowest BCUT2D eigenvalue weighted by Gasteiger charge is -2.21. The van der Waals surface area contributed by atoms with Gasteiger partial charge in [-0.25, -0.2) is 4.79 Å². The van der Waals surface area contributed by atoms with Gasteiger partial charge in [0.05, 0.1) is 7.11 Å². The van der Waals surface area contributed by atoms with Crippen LogP contribution >= 0.6 is 0 Å². The molecule has 6 heteroatoms. The molecule has 0 aliphatic heterocycles. The number of unbranched alkanes of at least 4 members (excludes halogenated alkanes) is 1. The fourth-order valence-electron chi connectivity index (χ4n) is 1.81. The van der Waals surface area contributed by atoms with Crippen molar-refractivity contribution >= 4 is 15.4 Å². The van der Waals surface area contributed by atoms with Gasteiger partial charge in [-0.05, 0) is 18.4 Å². The molecule has 0 saturated carbocycles. The molecule has 17 heavy (non-hydrogen) atoms. The molecule has 0 rings (SSSR count). The van der Waals surface area contributed by atoms with Gasteiger partial charge in [-0.3, -0.25) is 0 Å². The summed E-state index contributed by atoms with van der Waals surface area (Å²) in [5.74, 6) is 0. The topological polar surface area (TPSA) is 56.8 Å². The maximum Gasteiger partial charge on any atom is 0.406 e. The Hall–Kier alpha value is -0.593. The van der Waals surface area contributed by atoms with Crippen molar-refractivity contribution in [1.29, 1.82) is 0 Å². The van der Waals surface area contributed by atoms with E-state index in [0.29, 0.717) is 12.1 Å². The number of alkyl carbamates (subject to hydrolysis) is 1. The minimum Gasteiger partial charge on any atom is -0.453 e. The van der Waals surface area contributed by atoms with Crippen LogP contribution in [0.4, 0.5) is 4.79 Å². The zero-order chi connectivity index (χ0) is 13.1. The molecule has 1 atom stereocenters. The predicted octanol–water partition coefficient (Wildman–Crippen LogP) is 1.81. The van der Waals surface area contributed by atoms with Crippen molar-refractivity contribution in [2.75, 3.05) is 27.9 Å². The van der Waals surface area contributed by atoms with Crippen LogP contribution in [0, 0.1) is 0 Å². The molecule has 1 unspecified atom stereocenters. The number of hydrogen-bond acceptors (Lipinski definition) is 4. The van der Waals surface area contributed by atoms with E-state index in [0.717, 1.165) is 25.7 Å². The third-order valence-corrected chi connectivity index (χ3v) is 5.33. The van der Waals surface area contributed by atoms with E-state index in [2.05, 4.69) is 17.0 Å². The number of carbonyl (C=O) groups excluding carboxylic acids is 1. The Balaban J connectivity index is 3.66. The molecule has 0 spiro atoms. The number of nitrogens with one attached hydrogen (secondary N) is 1. The van der Waals surface area contributed by atoms with E-state index in [1.165, 1.54) is 7.11 Å². The Kier molecular flexibility index (Phi) is 10.2. The minimum absolute atomic E-state index is 0.363. The van der Waals surface area contributed by atoms with Crippen LogP contribution in [0.15, 0.2) is 0 Å². The van der Waals surface area contributed by atoms with E-state index >= 15 is 0 Å². The van der Waals surface area contributed by atoms with E-state index in [-0.39, 0.29) is 6.09 Å². The zero-order valence-corrected chi connectivity index (χ0v) is 12.5. The van der Waals surface area contributed by atoms with Crippen molar-refractivity contribution in [3.8, 4) is 0 Å². The number of hydrogen-bond donors (Lipinski definition) is 1. The summed E-state index contributed by atoms with van der Waals surface area (Å²) in [6.45, 7) is 2.82. The highest BCUT2D eigenvalue weighted by Gasteiger charge is 2.21. The first-order valence-corrected chi connectivity index (χ1v) is 7.67. The molecule has 1 N–H and O–H groups in total. The Morgan fingerprint density at radius 3 is 2.35 bits per heavy atom. The molecule has 0 aliphatic carbocycles. The molecule has 0 saturated heterocycles. The first-order valence-electron chi connectivity index (χ1n) is 6.06. The second-order valence-corrected chi connectivity index (χ2v) is 6.54. The molecule has 0 heterocycles. The highest BCUT2D eigenvalue weighted by atomic mass is 28.3. The lowest BCUT2D eigenvalue weighted by Crippen LogP contribution is -2.27. The Morgan fingerprint density at radius 1 is 1.24 bits per heavy atom. The SMILES string of the molecule is CCC(CCCCNC(=O)OC)[SiH](OC)OC. The number of ether oxygens (including phenoxy) is 1. The van der Waals surface area contributed by atoms with Crippen LogP contribution in [-0.2, 0) is 13.6 Å². The maximum absolute atomic E-state index is 10.8. The lowest BCUT2D eigenvalue weighted by atomic mass is 10.1. The van der Waals surface area contributed by atoms with Gasteiger partial charge in [0.25, 0.3) is 0 Å². The second-order valence-electron chi connectivity index (χ2n) is 3.92. The Labute approximate surface area is 106 Å². The van der Waals surface area contributed by atoms with Gasteiger partial charge in [0, 0.05) is 20.8 Å². The van der Waals surface area contributed by atoms with Crippen molar-refractivity contribution in [2.24, 2.45) is 0 Å². The van der Waals surface area contributed by atoms with Gasteiger partial charge in [-0.1, -0.05) is 19.8 Å². The van der Waals surface area contributed by atoms with Crippen LogP contribution in [-0.4, -0.2) is 43.3 Å². The van der Waals surface area contributed by atoms with E-state index in [1.807, 2.05) is 0 Å². The van der Waals surface area contributed by atoms with Crippen molar-refractivity contribution < 1.29 is 18.4 Å². The van der Waals surface area contributed by atoms with Crippen molar-refractivity contribution in [3.05, 3.63) is 0 Å². The van der Waals surface area contributed by atoms with Crippen molar-refractivity contribution in [2.45, 2.75) is 38.1 Å². The second kappa shape index (κ2) is 10.6. The summed E-state index contributed by atoms with van der Waals surface area (Å²) < 4.78 is 15.3. The third-order valence-electron chi connectivity index (χ3n) is 2.83. The van der Waals surface area contributed by atoms with Gasteiger partial charge in [0.2, 0.25) is 0 Å². The molecule has 0 aromatic rings. The predicted molar refractivity (Wildman–Crippen MR) is 69.5 cm³/mol. The molecule has 0 radical (unpaired) electrons. The summed E-state index contributed by atoms with van der Waals surface area (Å²) in [4.78, 5) is 10.8. The van der Waals surface area contributed by atoms with E-state index < -0.39 is 9.28 Å². The van der Waals surface area contributed by atoms with E-state index in [4.69, 9.17) is 8.85 Å². The number of carbonyl (C=O) groups is 1. The number of amides is 1. The van der Waals surface area contributed by atoms with E-state index in [1.54, 1.807) is 14.2 Å². The van der Waals surface area contributed by atoms with Gasteiger partial charge in [-0.15, -0.1) is 0 Å². The van der Waals surface area contributed by atoms with Gasteiger partial charge < -0.3 is 18.9 Å². The van der Waals surface area contributed by atoms with Gasteiger partial charge >= 0.3 is 15.4 Å². The van der Waals surface area contributed by atoms with Crippen LogP contribution in [0.1, 0.15) is 32.6 Å². The average Bonchev–Trinajstić information content (AvgIpc) is 2.36. The van der Waals surface area contributed by atoms with Gasteiger partial charge in [0.15, 0.2) is 0 Å². The van der Waals surface area contributed by atoms with Crippen LogP contribution in [0.2, 0.25) is 5.54 Å². The van der Waals surface area contributed by atoms with Crippen LogP contribution in [0.5, 0.6) is 0 Å². The number of rotatable bonds is 9. The Bertz CT molecular complexity index is 200. The molecule has 5 nitrogen and oxygen atoms in total. The molecule has 1 amide bonds. The highest BCUT2D eigenvalue weighted by Crippen LogP contribution is 2.23. The highest BCUT2D eigenvalue weighted by molar-refractivity contribution is 6.46. The quantitative estimate of drug-likeness (QED) is 0.509. The summed E-state index contributed by atoms with van der Waals surface area (Å²) in [5.41, 5.74) is 0.545. The summed E-state index contributed by atoms with van der Waals surface area (Å²) in [6.07, 6.45) is 3.85. The third kappa shape index (κ3) is 7.35. The van der Waals surface area contributed by atoms with Crippen LogP contribution < -0.4 is 5.32 Å². The van der Waals surface area contributed by atoms with Gasteiger partial charge in [-0.2, -0.15) is 0 Å². The molecule has 0 aliphatic rings. The monoisotopic (exact) mass is 263 g/mol. The maximum atomic E-state index is 10.8. The molecule has 0 bridgehead atoms. The first kappa shape index (κ1) is 16.4. The molecular formula is C11H25NO4Si. The molecule has 102 valence electrons. The largest absolute Gasteiger partial charge is 0.453 e. The summed E-state index contributed by atoms with van der Waals surface area (Å²) in [5, 5.41) is 2.67. The normalized spacial score (nSPS) is 12.5. The summed E-state index contributed by atoms with van der Waals surface area (Å²) >= 11 is 0. The van der Waals surface area contributed by atoms with E-state index in [9.17, 15) is 4.79 Å². The molecule has 0 fully saturated rings.